The molecule has 0 aromatic rings. The van der Waals surface area contributed by atoms with Crippen LogP contribution in [0.1, 0.15) is 33.1 Å². The first-order valence-electron chi connectivity index (χ1n) is 5.70. The maximum atomic E-state index is 2.67. The second-order valence-electron chi connectivity index (χ2n) is 4.24. The normalized spacial score (nSPS) is 24.5. The van der Waals surface area contributed by atoms with Crippen LogP contribution >= 0.6 is 0 Å². The van der Waals surface area contributed by atoms with Gasteiger partial charge in [-0.3, -0.25) is 4.90 Å². The van der Waals surface area contributed by atoms with E-state index in [0.29, 0.717) is 0 Å². The van der Waals surface area contributed by atoms with Gasteiger partial charge in [-0.15, -0.1) is 0 Å². The summed E-state index contributed by atoms with van der Waals surface area (Å²) >= 11 is 0. The highest BCUT2D eigenvalue weighted by Crippen LogP contribution is 2.14. The molecule has 2 nitrogen and oxygen atoms in total. The van der Waals surface area contributed by atoms with Gasteiger partial charge in [0.15, 0.2) is 0 Å². The van der Waals surface area contributed by atoms with Crippen LogP contribution in [0.3, 0.4) is 0 Å². The Balaban J connectivity index is 2.35. The Morgan fingerprint density at radius 2 is 1.85 bits per heavy atom. The molecule has 0 aliphatic carbocycles. The lowest BCUT2D eigenvalue weighted by molar-refractivity contribution is 0.198. The molecule has 0 aromatic carbocycles. The van der Waals surface area contributed by atoms with Gasteiger partial charge in [0.25, 0.3) is 0 Å². The lowest BCUT2D eigenvalue weighted by Crippen LogP contribution is -2.38. The Morgan fingerprint density at radius 1 is 1.23 bits per heavy atom. The highest BCUT2D eigenvalue weighted by atomic mass is 15.2. The molecule has 1 rings (SSSR count). The SMILES string of the molecule is CCCN(CCC)C1CCN(C)C1. The molecule has 0 N–H and O–H groups in total. The van der Waals surface area contributed by atoms with Crippen LogP contribution in [0.4, 0.5) is 0 Å². The average molecular weight is 184 g/mol. The van der Waals surface area contributed by atoms with Gasteiger partial charge in [-0.1, -0.05) is 13.8 Å². The molecule has 1 atom stereocenters. The van der Waals surface area contributed by atoms with E-state index in [2.05, 4.69) is 30.7 Å². The van der Waals surface area contributed by atoms with E-state index in [-0.39, 0.29) is 0 Å². The highest BCUT2D eigenvalue weighted by Gasteiger charge is 2.24. The summed E-state index contributed by atoms with van der Waals surface area (Å²) in [6.45, 7) is 9.69. The standard InChI is InChI=1S/C11H24N2/c1-4-7-13(8-5-2)11-6-9-12(3)10-11/h11H,4-10H2,1-3H3. The number of likely N-dealkylation sites (N-methyl/N-ethyl adjacent to an activating group) is 1. The zero-order chi connectivity index (χ0) is 9.68. The first kappa shape index (κ1) is 11.0. The van der Waals surface area contributed by atoms with Gasteiger partial charge in [0.1, 0.15) is 0 Å². The van der Waals surface area contributed by atoms with Crippen molar-refractivity contribution in [3.05, 3.63) is 0 Å². The van der Waals surface area contributed by atoms with E-state index in [1.807, 2.05) is 0 Å². The van der Waals surface area contributed by atoms with Crippen LogP contribution in [0.2, 0.25) is 0 Å². The zero-order valence-corrected chi connectivity index (χ0v) is 9.42. The fourth-order valence-corrected chi connectivity index (χ4v) is 2.26. The summed E-state index contributed by atoms with van der Waals surface area (Å²) in [5.41, 5.74) is 0. The lowest BCUT2D eigenvalue weighted by atomic mass is 10.2. The molecular formula is C11H24N2. The predicted molar refractivity (Wildman–Crippen MR) is 58.1 cm³/mol. The van der Waals surface area contributed by atoms with Gasteiger partial charge in [-0.2, -0.15) is 0 Å². The van der Waals surface area contributed by atoms with Crippen LogP contribution in [0.15, 0.2) is 0 Å². The zero-order valence-electron chi connectivity index (χ0n) is 9.42. The summed E-state index contributed by atoms with van der Waals surface area (Å²) in [5.74, 6) is 0. The number of hydrogen-bond acceptors (Lipinski definition) is 2. The molecular weight excluding hydrogens is 160 g/mol. The van der Waals surface area contributed by atoms with Gasteiger partial charge < -0.3 is 4.90 Å². The van der Waals surface area contributed by atoms with E-state index in [9.17, 15) is 0 Å². The molecule has 78 valence electrons. The van der Waals surface area contributed by atoms with Crippen LogP contribution < -0.4 is 0 Å². The number of nitrogens with zero attached hydrogens (tertiary/aromatic N) is 2. The minimum Gasteiger partial charge on any atom is -0.305 e. The van der Waals surface area contributed by atoms with E-state index in [1.165, 1.54) is 45.4 Å². The van der Waals surface area contributed by atoms with E-state index in [4.69, 9.17) is 0 Å². The van der Waals surface area contributed by atoms with Crippen molar-refractivity contribution in [1.29, 1.82) is 0 Å². The van der Waals surface area contributed by atoms with E-state index >= 15 is 0 Å². The summed E-state index contributed by atoms with van der Waals surface area (Å²) in [4.78, 5) is 5.12. The third-order valence-corrected chi connectivity index (χ3v) is 2.90. The number of likely N-dealkylation sites (tertiary alicyclic amines) is 1. The largest absolute Gasteiger partial charge is 0.305 e. The summed E-state index contributed by atoms with van der Waals surface area (Å²) in [7, 11) is 2.23. The topological polar surface area (TPSA) is 6.48 Å². The Hall–Kier alpha value is -0.0800. The van der Waals surface area contributed by atoms with Crippen molar-refractivity contribution in [2.75, 3.05) is 33.2 Å². The first-order chi connectivity index (χ1) is 6.27. The molecule has 1 aliphatic rings. The van der Waals surface area contributed by atoms with Crippen molar-refractivity contribution in [2.45, 2.75) is 39.2 Å². The molecule has 13 heavy (non-hydrogen) atoms. The third kappa shape index (κ3) is 3.28. The van der Waals surface area contributed by atoms with Gasteiger partial charge >= 0.3 is 0 Å². The van der Waals surface area contributed by atoms with Crippen molar-refractivity contribution >= 4 is 0 Å². The molecule has 1 saturated heterocycles. The molecule has 1 fully saturated rings. The molecule has 0 spiro atoms. The number of hydrogen-bond donors (Lipinski definition) is 0. The molecule has 1 heterocycles. The Kier molecular flexibility index (Phi) is 4.74. The molecule has 0 saturated carbocycles. The minimum absolute atomic E-state index is 0.838. The smallest absolute Gasteiger partial charge is 0.0235 e. The molecule has 1 aliphatic heterocycles. The molecule has 0 amide bonds. The van der Waals surface area contributed by atoms with Crippen LogP contribution in [0.25, 0.3) is 0 Å². The second-order valence-corrected chi connectivity index (χ2v) is 4.24. The van der Waals surface area contributed by atoms with Crippen molar-refractivity contribution < 1.29 is 0 Å². The number of rotatable bonds is 5. The highest BCUT2D eigenvalue weighted by molar-refractivity contribution is 4.81. The third-order valence-electron chi connectivity index (χ3n) is 2.90. The minimum atomic E-state index is 0.838. The maximum Gasteiger partial charge on any atom is 0.0235 e. The van der Waals surface area contributed by atoms with Crippen molar-refractivity contribution in [1.82, 2.24) is 9.80 Å². The van der Waals surface area contributed by atoms with Crippen molar-refractivity contribution in [3.63, 3.8) is 0 Å². The average Bonchev–Trinajstić information content (AvgIpc) is 2.51. The Morgan fingerprint density at radius 3 is 2.23 bits per heavy atom. The van der Waals surface area contributed by atoms with Crippen molar-refractivity contribution in [2.24, 2.45) is 0 Å². The Bertz CT molecular complexity index is 130. The quantitative estimate of drug-likeness (QED) is 0.643. The summed E-state index contributed by atoms with van der Waals surface area (Å²) in [6, 6.07) is 0.838. The lowest BCUT2D eigenvalue weighted by Gasteiger charge is -2.27. The molecule has 1 unspecified atom stereocenters. The van der Waals surface area contributed by atoms with E-state index in [1.54, 1.807) is 0 Å². The predicted octanol–water partition coefficient (Wildman–Crippen LogP) is 1.81. The summed E-state index contributed by atoms with van der Waals surface area (Å²) < 4.78 is 0. The van der Waals surface area contributed by atoms with Gasteiger partial charge in [0.2, 0.25) is 0 Å². The monoisotopic (exact) mass is 184 g/mol. The maximum absolute atomic E-state index is 2.67. The van der Waals surface area contributed by atoms with Gasteiger partial charge in [0.05, 0.1) is 0 Å². The van der Waals surface area contributed by atoms with E-state index < -0.39 is 0 Å². The van der Waals surface area contributed by atoms with Crippen LogP contribution in [0, 0.1) is 0 Å². The second kappa shape index (κ2) is 5.61. The Labute approximate surface area is 82.9 Å². The van der Waals surface area contributed by atoms with Gasteiger partial charge in [-0.25, -0.2) is 0 Å². The van der Waals surface area contributed by atoms with Crippen molar-refractivity contribution in [3.8, 4) is 0 Å². The molecule has 2 heteroatoms. The molecule has 0 aromatic heterocycles. The van der Waals surface area contributed by atoms with Gasteiger partial charge in [-0.05, 0) is 45.9 Å². The van der Waals surface area contributed by atoms with Crippen LogP contribution in [-0.2, 0) is 0 Å². The molecule has 0 radical (unpaired) electrons. The van der Waals surface area contributed by atoms with E-state index in [0.717, 1.165) is 6.04 Å². The first-order valence-corrected chi connectivity index (χ1v) is 5.70. The summed E-state index contributed by atoms with van der Waals surface area (Å²) in [6.07, 6.45) is 3.96. The fourth-order valence-electron chi connectivity index (χ4n) is 2.26. The summed E-state index contributed by atoms with van der Waals surface area (Å²) in [5, 5.41) is 0. The van der Waals surface area contributed by atoms with Gasteiger partial charge in [0, 0.05) is 12.6 Å². The van der Waals surface area contributed by atoms with Crippen LogP contribution in [-0.4, -0.2) is 49.1 Å². The molecule has 0 bridgehead atoms. The fraction of sp³-hybridized carbons (Fsp3) is 1.00. The van der Waals surface area contributed by atoms with Crippen LogP contribution in [0.5, 0.6) is 0 Å².